The first-order valence-corrected chi connectivity index (χ1v) is 7.02. The van der Waals surface area contributed by atoms with E-state index in [1.165, 1.54) is 18.2 Å². The molecule has 0 amide bonds. The van der Waals surface area contributed by atoms with Crippen molar-refractivity contribution in [1.82, 2.24) is 0 Å². The Morgan fingerprint density at radius 1 is 1.11 bits per heavy atom. The van der Waals surface area contributed by atoms with Crippen LogP contribution < -0.4 is 10.5 Å². The molecule has 0 saturated heterocycles. The molecule has 19 heavy (non-hydrogen) atoms. The topological polar surface area (TPSA) is 72.2 Å². The molecule has 4 nitrogen and oxygen atoms in total. The molecule has 2 rings (SSSR count). The van der Waals surface area contributed by atoms with Crippen molar-refractivity contribution in [2.45, 2.75) is 11.8 Å². The predicted molar refractivity (Wildman–Crippen MR) is 72.8 cm³/mol. The Labute approximate surface area is 111 Å². The molecule has 0 bridgehead atoms. The van der Waals surface area contributed by atoms with Gasteiger partial charge in [0, 0.05) is 0 Å². The van der Waals surface area contributed by atoms with Gasteiger partial charge in [0.2, 0.25) is 0 Å². The summed E-state index contributed by atoms with van der Waals surface area (Å²) >= 11 is 0. The maximum atomic E-state index is 13.6. The Morgan fingerprint density at radius 3 is 2.42 bits per heavy atom. The van der Waals surface area contributed by atoms with E-state index in [0.717, 1.165) is 6.07 Å². The maximum Gasteiger partial charge on any atom is 0.262 e. The summed E-state index contributed by atoms with van der Waals surface area (Å²) in [5, 5.41) is 0. The van der Waals surface area contributed by atoms with Crippen LogP contribution in [0.25, 0.3) is 0 Å². The smallest absolute Gasteiger partial charge is 0.262 e. The van der Waals surface area contributed by atoms with Crippen molar-refractivity contribution in [2.75, 3.05) is 10.5 Å². The van der Waals surface area contributed by atoms with Gasteiger partial charge < -0.3 is 5.73 Å². The first-order chi connectivity index (χ1) is 8.92. The third-order valence-corrected chi connectivity index (χ3v) is 4.18. The number of nitrogens with two attached hydrogens (primary N) is 1. The summed E-state index contributed by atoms with van der Waals surface area (Å²) in [6.45, 7) is 1.67. The third-order valence-electron chi connectivity index (χ3n) is 2.67. The lowest BCUT2D eigenvalue weighted by Crippen LogP contribution is -2.16. The van der Waals surface area contributed by atoms with Crippen LogP contribution in [0.4, 0.5) is 15.8 Å². The minimum Gasteiger partial charge on any atom is -0.397 e. The van der Waals surface area contributed by atoms with Crippen molar-refractivity contribution >= 4 is 21.4 Å². The molecule has 2 aromatic carbocycles. The number of halogens is 1. The van der Waals surface area contributed by atoms with Gasteiger partial charge in [-0.15, -0.1) is 0 Å². The summed E-state index contributed by atoms with van der Waals surface area (Å²) in [6, 6.07) is 10.4. The molecule has 0 aliphatic carbocycles. The lowest BCUT2D eigenvalue weighted by atomic mass is 10.2. The van der Waals surface area contributed by atoms with Crippen molar-refractivity contribution in [2.24, 2.45) is 0 Å². The SMILES string of the molecule is Cc1ccccc1S(=O)(=O)Nc1c(N)cccc1F. The molecular weight excluding hydrogens is 267 g/mol. The summed E-state index contributed by atoms with van der Waals surface area (Å²) < 4.78 is 40.2. The van der Waals surface area contributed by atoms with Gasteiger partial charge in [-0.25, -0.2) is 12.8 Å². The van der Waals surface area contributed by atoms with E-state index in [4.69, 9.17) is 5.73 Å². The fraction of sp³-hybridized carbons (Fsp3) is 0.0769. The average molecular weight is 280 g/mol. The molecule has 0 fully saturated rings. The molecule has 6 heteroatoms. The zero-order chi connectivity index (χ0) is 14.0. The van der Waals surface area contributed by atoms with Crippen LogP contribution in [0.3, 0.4) is 0 Å². The number of hydrogen-bond donors (Lipinski definition) is 2. The summed E-state index contributed by atoms with van der Waals surface area (Å²) in [5.41, 5.74) is 5.96. The maximum absolute atomic E-state index is 13.6. The lowest BCUT2D eigenvalue weighted by molar-refractivity contribution is 0.598. The summed E-state index contributed by atoms with van der Waals surface area (Å²) in [7, 11) is -3.86. The Hall–Kier alpha value is -2.08. The van der Waals surface area contributed by atoms with Gasteiger partial charge in [0.1, 0.15) is 11.5 Å². The number of rotatable bonds is 3. The monoisotopic (exact) mass is 280 g/mol. The number of aryl methyl sites for hydroxylation is 1. The molecule has 2 aromatic rings. The van der Waals surface area contributed by atoms with Crippen LogP contribution >= 0.6 is 0 Å². The van der Waals surface area contributed by atoms with Crippen LogP contribution in [0, 0.1) is 12.7 Å². The van der Waals surface area contributed by atoms with Crippen LogP contribution in [-0.4, -0.2) is 8.42 Å². The molecule has 0 aliphatic heterocycles. The number of sulfonamides is 1. The van der Waals surface area contributed by atoms with Gasteiger partial charge in [-0.1, -0.05) is 24.3 Å². The second kappa shape index (κ2) is 4.89. The van der Waals surface area contributed by atoms with E-state index >= 15 is 0 Å². The van der Waals surface area contributed by atoms with Crippen molar-refractivity contribution < 1.29 is 12.8 Å². The highest BCUT2D eigenvalue weighted by molar-refractivity contribution is 7.92. The second-order valence-corrected chi connectivity index (χ2v) is 5.73. The number of nitrogens with one attached hydrogen (secondary N) is 1. The van der Waals surface area contributed by atoms with Crippen LogP contribution in [0.15, 0.2) is 47.4 Å². The number of nitrogen functional groups attached to an aromatic ring is 1. The standard InChI is InChI=1S/C13H13FN2O2S/c1-9-5-2-3-8-12(9)19(17,18)16-13-10(14)6-4-7-11(13)15/h2-8,16H,15H2,1H3. The van der Waals surface area contributed by atoms with Gasteiger partial charge in [-0.05, 0) is 30.7 Å². The largest absolute Gasteiger partial charge is 0.397 e. The normalized spacial score (nSPS) is 11.3. The fourth-order valence-corrected chi connectivity index (χ4v) is 3.04. The van der Waals surface area contributed by atoms with Crippen molar-refractivity contribution in [3.05, 3.63) is 53.8 Å². The number of hydrogen-bond acceptors (Lipinski definition) is 3. The molecular formula is C13H13FN2O2S. The van der Waals surface area contributed by atoms with E-state index in [0.29, 0.717) is 5.56 Å². The van der Waals surface area contributed by atoms with Crippen LogP contribution in [0.5, 0.6) is 0 Å². The van der Waals surface area contributed by atoms with Gasteiger partial charge >= 0.3 is 0 Å². The summed E-state index contributed by atoms with van der Waals surface area (Å²) in [4.78, 5) is 0.0950. The van der Waals surface area contributed by atoms with Crippen LogP contribution in [0.2, 0.25) is 0 Å². The number of anilines is 2. The molecule has 3 N–H and O–H groups in total. The Morgan fingerprint density at radius 2 is 1.79 bits per heavy atom. The third kappa shape index (κ3) is 2.68. The Bertz CT molecular complexity index is 694. The van der Waals surface area contributed by atoms with E-state index in [1.807, 2.05) is 0 Å². The Kier molecular flexibility index (Phi) is 3.44. The molecule has 0 heterocycles. The minimum absolute atomic E-state index is 0.0390. The van der Waals surface area contributed by atoms with E-state index in [-0.39, 0.29) is 16.3 Å². The van der Waals surface area contributed by atoms with Crippen molar-refractivity contribution in [3.63, 3.8) is 0 Å². The molecule has 0 atom stereocenters. The Balaban J connectivity index is 2.46. The zero-order valence-electron chi connectivity index (χ0n) is 10.2. The predicted octanol–water partition coefficient (Wildman–Crippen LogP) is 2.52. The number of para-hydroxylation sites is 1. The molecule has 0 unspecified atom stereocenters. The lowest BCUT2D eigenvalue weighted by Gasteiger charge is -2.12. The average Bonchev–Trinajstić information content (AvgIpc) is 2.34. The molecule has 0 radical (unpaired) electrons. The van der Waals surface area contributed by atoms with Gasteiger partial charge in [-0.3, -0.25) is 4.72 Å². The molecule has 0 aliphatic rings. The van der Waals surface area contributed by atoms with E-state index in [9.17, 15) is 12.8 Å². The highest BCUT2D eigenvalue weighted by Crippen LogP contribution is 2.26. The van der Waals surface area contributed by atoms with Crippen molar-refractivity contribution in [1.29, 1.82) is 0 Å². The first kappa shape index (κ1) is 13.4. The van der Waals surface area contributed by atoms with E-state index < -0.39 is 15.8 Å². The van der Waals surface area contributed by atoms with E-state index in [2.05, 4.69) is 4.72 Å². The number of benzene rings is 2. The summed E-state index contributed by atoms with van der Waals surface area (Å²) in [5.74, 6) is -0.711. The molecule has 0 aromatic heterocycles. The van der Waals surface area contributed by atoms with Gasteiger partial charge in [0.25, 0.3) is 10.0 Å². The first-order valence-electron chi connectivity index (χ1n) is 5.54. The highest BCUT2D eigenvalue weighted by atomic mass is 32.2. The quantitative estimate of drug-likeness (QED) is 0.848. The van der Waals surface area contributed by atoms with E-state index in [1.54, 1.807) is 25.1 Å². The minimum atomic E-state index is -3.86. The molecule has 100 valence electrons. The fourth-order valence-electron chi connectivity index (χ4n) is 1.70. The van der Waals surface area contributed by atoms with Gasteiger partial charge in [-0.2, -0.15) is 0 Å². The van der Waals surface area contributed by atoms with Gasteiger partial charge in [0.15, 0.2) is 0 Å². The second-order valence-electron chi connectivity index (χ2n) is 4.08. The highest BCUT2D eigenvalue weighted by Gasteiger charge is 2.19. The van der Waals surface area contributed by atoms with Crippen LogP contribution in [0.1, 0.15) is 5.56 Å². The molecule has 0 spiro atoms. The summed E-state index contributed by atoms with van der Waals surface area (Å²) in [6.07, 6.45) is 0. The van der Waals surface area contributed by atoms with Gasteiger partial charge in [0.05, 0.1) is 10.6 Å². The van der Waals surface area contributed by atoms with Crippen LogP contribution in [-0.2, 0) is 10.0 Å². The zero-order valence-corrected chi connectivity index (χ0v) is 11.0. The molecule has 0 saturated carbocycles. The van der Waals surface area contributed by atoms with Crippen molar-refractivity contribution in [3.8, 4) is 0 Å².